The number of amides is 2. The normalized spacial score (nSPS) is 18.1. The van der Waals surface area contributed by atoms with Gasteiger partial charge < -0.3 is 15.4 Å². The van der Waals surface area contributed by atoms with E-state index in [0.29, 0.717) is 28.4 Å². The fraction of sp³-hybridized carbons (Fsp3) is 0.263. The van der Waals surface area contributed by atoms with E-state index in [-0.39, 0.29) is 24.2 Å². The van der Waals surface area contributed by atoms with E-state index in [4.69, 9.17) is 16.3 Å². The maximum Gasteiger partial charge on any atom is 0.228 e. The Morgan fingerprint density at radius 3 is 2.62 bits per heavy atom. The van der Waals surface area contributed by atoms with Crippen LogP contribution in [-0.4, -0.2) is 18.9 Å². The molecular weight excluding hydrogens is 359 g/mol. The van der Waals surface area contributed by atoms with Crippen molar-refractivity contribution in [3.8, 4) is 5.75 Å². The first kappa shape index (κ1) is 18.2. The van der Waals surface area contributed by atoms with Crippen molar-refractivity contribution in [1.29, 1.82) is 0 Å². The summed E-state index contributed by atoms with van der Waals surface area (Å²) in [5, 5.41) is 5.81. The van der Waals surface area contributed by atoms with Crippen LogP contribution in [0.4, 0.5) is 10.1 Å². The van der Waals surface area contributed by atoms with E-state index in [2.05, 4.69) is 10.6 Å². The van der Waals surface area contributed by atoms with Crippen LogP contribution in [0.2, 0.25) is 5.02 Å². The second-order valence-electron chi connectivity index (χ2n) is 6.10. The predicted octanol–water partition coefficient (Wildman–Crippen LogP) is 3.38. The van der Waals surface area contributed by atoms with Gasteiger partial charge in [0.15, 0.2) is 0 Å². The molecule has 0 saturated heterocycles. The summed E-state index contributed by atoms with van der Waals surface area (Å²) in [4.78, 5) is 24.4. The maximum atomic E-state index is 13.6. The van der Waals surface area contributed by atoms with E-state index in [1.807, 2.05) is 0 Å². The second-order valence-corrected chi connectivity index (χ2v) is 6.50. The van der Waals surface area contributed by atoms with Gasteiger partial charge in [-0.25, -0.2) is 4.39 Å². The van der Waals surface area contributed by atoms with Gasteiger partial charge in [-0.2, -0.15) is 0 Å². The number of hydrogen-bond donors (Lipinski definition) is 2. The van der Waals surface area contributed by atoms with Gasteiger partial charge in [0.2, 0.25) is 11.8 Å². The van der Waals surface area contributed by atoms with E-state index in [0.717, 1.165) is 0 Å². The van der Waals surface area contributed by atoms with Crippen molar-refractivity contribution in [3.05, 3.63) is 58.9 Å². The summed E-state index contributed by atoms with van der Waals surface area (Å²) in [6.45, 7) is 0.102. The average Bonchev–Trinajstić information content (AvgIpc) is 3.42. The summed E-state index contributed by atoms with van der Waals surface area (Å²) in [6.07, 6.45) is 0.471. The third-order valence-corrected chi connectivity index (χ3v) is 4.59. The van der Waals surface area contributed by atoms with Crippen LogP contribution in [0.3, 0.4) is 0 Å². The largest absolute Gasteiger partial charge is 0.495 e. The third kappa shape index (κ3) is 4.14. The molecule has 2 aromatic rings. The molecule has 2 amide bonds. The minimum atomic E-state index is -0.393. The summed E-state index contributed by atoms with van der Waals surface area (Å²) in [5.41, 5.74) is 0.952. The predicted molar refractivity (Wildman–Crippen MR) is 96.5 cm³/mol. The topological polar surface area (TPSA) is 67.4 Å². The molecule has 2 aromatic carbocycles. The number of carbonyl (C=O) groups is 2. The van der Waals surface area contributed by atoms with Gasteiger partial charge in [-0.3, -0.25) is 9.59 Å². The highest BCUT2D eigenvalue weighted by Crippen LogP contribution is 2.40. The molecule has 1 saturated carbocycles. The van der Waals surface area contributed by atoms with Crippen LogP contribution < -0.4 is 15.4 Å². The van der Waals surface area contributed by atoms with E-state index in [1.165, 1.54) is 13.2 Å². The molecule has 0 spiro atoms. The molecule has 26 heavy (non-hydrogen) atoms. The number of halogens is 2. The minimum absolute atomic E-state index is 0.102. The van der Waals surface area contributed by atoms with Crippen LogP contribution in [0.15, 0.2) is 42.5 Å². The first-order chi connectivity index (χ1) is 12.5. The Morgan fingerprint density at radius 1 is 1.19 bits per heavy atom. The van der Waals surface area contributed by atoms with Crippen molar-refractivity contribution >= 4 is 29.1 Å². The molecule has 7 heteroatoms. The lowest BCUT2D eigenvalue weighted by Crippen LogP contribution is -2.27. The van der Waals surface area contributed by atoms with Crippen LogP contribution in [0.5, 0.6) is 5.75 Å². The van der Waals surface area contributed by atoms with Crippen molar-refractivity contribution < 1.29 is 18.7 Å². The van der Waals surface area contributed by atoms with Gasteiger partial charge in [0, 0.05) is 17.8 Å². The third-order valence-electron chi connectivity index (χ3n) is 4.29. The molecule has 1 aliphatic carbocycles. The number of nitrogens with one attached hydrogen (secondary N) is 2. The van der Waals surface area contributed by atoms with Crippen LogP contribution in [-0.2, 0) is 16.1 Å². The molecule has 1 fully saturated rings. The van der Waals surface area contributed by atoms with Crippen molar-refractivity contribution in [2.75, 3.05) is 12.4 Å². The zero-order valence-corrected chi connectivity index (χ0v) is 14.8. The highest BCUT2D eigenvalue weighted by atomic mass is 35.5. The lowest BCUT2D eigenvalue weighted by Gasteiger charge is -2.08. The summed E-state index contributed by atoms with van der Waals surface area (Å²) >= 11 is 6.03. The number of anilines is 1. The lowest BCUT2D eigenvalue weighted by molar-refractivity contribution is -0.125. The number of rotatable bonds is 6. The Balaban J connectivity index is 1.51. The smallest absolute Gasteiger partial charge is 0.228 e. The highest BCUT2D eigenvalue weighted by Gasteiger charge is 2.47. The molecule has 0 aliphatic heterocycles. The maximum absolute atomic E-state index is 13.6. The van der Waals surface area contributed by atoms with Crippen molar-refractivity contribution in [2.45, 2.75) is 13.0 Å². The Hall–Kier alpha value is -2.60. The molecule has 2 unspecified atom stereocenters. The number of benzene rings is 2. The zero-order chi connectivity index (χ0) is 18.7. The summed E-state index contributed by atoms with van der Waals surface area (Å²) in [5.74, 6) is -1.12. The van der Waals surface area contributed by atoms with Crippen LogP contribution in [0.1, 0.15) is 12.0 Å². The molecular formula is C19H18ClFN2O3. The van der Waals surface area contributed by atoms with Gasteiger partial charge in [0.05, 0.1) is 24.0 Å². The SMILES string of the molecule is COc1ccc(NC(=O)C2CC2C(=O)NCc2ccccc2F)cc1Cl. The van der Waals surface area contributed by atoms with Gasteiger partial charge in [0.1, 0.15) is 11.6 Å². The molecule has 2 N–H and O–H groups in total. The quantitative estimate of drug-likeness (QED) is 0.812. The Morgan fingerprint density at radius 2 is 1.92 bits per heavy atom. The lowest BCUT2D eigenvalue weighted by atomic mass is 10.2. The van der Waals surface area contributed by atoms with Crippen LogP contribution >= 0.6 is 11.6 Å². The molecule has 2 atom stereocenters. The first-order valence-electron chi connectivity index (χ1n) is 8.15. The molecule has 5 nitrogen and oxygen atoms in total. The molecule has 1 aliphatic rings. The fourth-order valence-electron chi connectivity index (χ4n) is 2.71. The van der Waals surface area contributed by atoms with Gasteiger partial charge >= 0.3 is 0 Å². The number of carbonyl (C=O) groups excluding carboxylic acids is 2. The summed E-state index contributed by atoms with van der Waals surface area (Å²) in [7, 11) is 1.51. The van der Waals surface area contributed by atoms with E-state index < -0.39 is 11.8 Å². The molecule has 3 rings (SSSR count). The van der Waals surface area contributed by atoms with Crippen molar-refractivity contribution in [1.82, 2.24) is 5.32 Å². The standard InChI is InChI=1S/C19H18ClFN2O3/c1-26-17-7-6-12(8-15(17)20)23-19(25)14-9-13(14)18(24)22-10-11-4-2-3-5-16(11)21/h2-8,13-14H,9-10H2,1H3,(H,22,24)(H,23,25). The molecule has 0 aromatic heterocycles. The van der Waals surface area contributed by atoms with E-state index >= 15 is 0 Å². The van der Waals surface area contributed by atoms with Crippen molar-refractivity contribution in [2.24, 2.45) is 11.8 Å². The van der Waals surface area contributed by atoms with Crippen LogP contribution in [0, 0.1) is 17.7 Å². The molecule has 0 heterocycles. The Labute approximate surface area is 155 Å². The van der Waals surface area contributed by atoms with Crippen molar-refractivity contribution in [3.63, 3.8) is 0 Å². The minimum Gasteiger partial charge on any atom is -0.495 e. The molecule has 136 valence electrons. The monoisotopic (exact) mass is 376 g/mol. The molecule has 0 radical (unpaired) electrons. The highest BCUT2D eigenvalue weighted by molar-refractivity contribution is 6.32. The number of methoxy groups -OCH3 is 1. The van der Waals surface area contributed by atoms with Gasteiger partial charge in [-0.15, -0.1) is 0 Å². The van der Waals surface area contributed by atoms with Gasteiger partial charge in [-0.05, 0) is 30.7 Å². The second kappa shape index (κ2) is 7.74. The first-order valence-corrected chi connectivity index (χ1v) is 8.53. The van der Waals surface area contributed by atoms with E-state index in [1.54, 1.807) is 36.4 Å². The van der Waals surface area contributed by atoms with Gasteiger partial charge in [-0.1, -0.05) is 29.8 Å². The Kier molecular flexibility index (Phi) is 5.42. The zero-order valence-electron chi connectivity index (χ0n) is 14.1. The number of ether oxygens (including phenoxy) is 1. The fourth-order valence-corrected chi connectivity index (χ4v) is 2.97. The average molecular weight is 377 g/mol. The van der Waals surface area contributed by atoms with Gasteiger partial charge in [0.25, 0.3) is 0 Å². The number of hydrogen-bond acceptors (Lipinski definition) is 3. The van der Waals surface area contributed by atoms with E-state index in [9.17, 15) is 14.0 Å². The summed E-state index contributed by atoms with van der Waals surface area (Å²) in [6, 6.07) is 11.2. The van der Waals surface area contributed by atoms with Crippen LogP contribution in [0.25, 0.3) is 0 Å². The Bertz CT molecular complexity index is 843. The summed E-state index contributed by atoms with van der Waals surface area (Å²) < 4.78 is 18.6. The molecule has 0 bridgehead atoms.